The molecule has 0 bridgehead atoms. The van der Waals surface area contributed by atoms with Crippen molar-refractivity contribution < 1.29 is 14.3 Å². The summed E-state index contributed by atoms with van der Waals surface area (Å²) >= 11 is 0. The number of esters is 1. The van der Waals surface area contributed by atoms with E-state index >= 15 is 0 Å². The first-order valence-electron chi connectivity index (χ1n) is 4.88. The Kier molecular flexibility index (Phi) is 2.80. The van der Waals surface area contributed by atoms with Crippen LogP contribution in [-0.4, -0.2) is 37.9 Å². The van der Waals surface area contributed by atoms with Crippen molar-refractivity contribution in [3.63, 3.8) is 0 Å². The molecule has 2 rings (SSSR count). The molecule has 13 heavy (non-hydrogen) atoms. The summed E-state index contributed by atoms with van der Waals surface area (Å²) in [5.74, 6) is -0.104. The number of carbonyl (C=O) groups is 1. The standard InChI is InChI=1S/C9H15NO3/c11-9(8-2-1-4-10-8)13-7-3-5-12-6-7/h7-8,10H,1-6H2. The van der Waals surface area contributed by atoms with Crippen LogP contribution in [0.25, 0.3) is 0 Å². The summed E-state index contributed by atoms with van der Waals surface area (Å²) in [6, 6.07) is -0.0689. The molecular weight excluding hydrogens is 170 g/mol. The average molecular weight is 185 g/mol. The highest BCUT2D eigenvalue weighted by Gasteiger charge is 2.27. The van der Waals surface area contributed by atoms with Gasteiger partial charge in [0.2, 0.25) is 0 Å². The van der Waals surface area contributed by atoms with Gasteiger partial charge in [0.15, 0.2) is 0 Å². The Morgan fingerprint density at radius 3 is 3.00 bits per heavy atom. The Morgan fingerprint density at radius 1 is 1.46 bits per heavy atom. The normalized spacial score (nSPS) is 33.5. The molecule has 4 heteroatoms. The van der Waals surface area contributed by atoms with Gasteiger partial charge in [-0.15, -0.1) is 0 Å². The zero-order valence-corrected chi connectivity index (χ0v) is 7.62. The van der Waals surface area contributed by atoms with Crippen molar-refractivity contribution in [1.29, 1.82) is 0 Å². The van der Waals surface area contributed by atoms with E-state index < -0.39 is 0 Å². The molecule has 2 atom stereocenters. The van der Waals surface area contributed by atoms with Gasteiger partial charge in [-0.25, -0.2) is 0 Å². The molecule has 0 aromatic heterocycles. The van der Waals surface area contributed by atoms with Crippen molar-refractivity contribution in [1.82, 2.24) is 5.32 Å². The Labute approximate surface area is 77.6 Å². The van der Waals surface area contributed by atoms with Crippen LogP contribution in [-0.2, 0) is 14.3 Å². The Morgan fingerprint density at radius 2 is 2.38 bits per heavy atom. The monoisotopic (exact) mass is 185 g/mol. The second kappa shape index (κ2) is 4.07. The van der Waals surface area contributed by atoms with Gasteiger partial charge in [-0.2, -0.15) is 0 Å². The van der Waals surface area contributed by atoms with Gasteiger partial charge in [-0.3, -0.25) is 4.79 Å². The second-order valence-electron chi connectivity index (χ2n) is 3.57. The molecule has 4 nitrogen and oxygen atoms in total. The summed E-state index contributed by atoms with van der Waals surface area (Å²) in [4.78, 5) is 11.5. The number of hydrogen-bond donors (Lipinski definition) is 1. The number of nitrogens with one attached hydrogen (secondary N) is 1. The van der Waals surface area contributed by atoms with E-state index in [-0.39, 0.29) is 18.1 Å². The third-order valence-corrected chi connectivity index (χ3v) is 2.52. The molecular formula is C9H15NO3. The third kappa shape index (κ3) is 2.19. The SMILES string of the molecule is O=C(OC1CCOC1)C1CCCN1. The van der Waals surface area contributed by atoms with Gasteiger partial charge in [0.05, 0.1) is 13.2 Å². The highest BCUT2D eigenvalue weighted by molar-refractivity contribution is 5.76. The highest BCUT2D eigenvalue weighted by Crippen LogP contribution is 2.12. The predicted octanol–water partition coefficient (Wildman–Crippen LogP) is 0.0705. The summed E-state index contributed by atoms with van der Waals surface area (Å²) in [6.45, 7) is 2.22. The first kappa shape index (κ1) is 8.97. The van der Waals surface area contributed by atoms with Crippen LogP contribution in [0, 0.1) is 0 Å². The fraction of sp³-hybridized carbons (Fsp3) is 0.889. The van der Waals surface area contributed by atoms with Crippen molar-refractivity contribution in [2.75, 3.05) is 19.8 Å². The fourth-order valence-electron chi connectivity index (χ4n) is 1.74. The third-order valence-electron chi connectivity index (χ3n) is 2.52. The minimum absolute atomic E-state index is 0.00472. The van der Waals surface area contributed by atoms with Crippen molar-refractivity contribution in [3.05, 3.63) is 0 Å². The first-order chi connectivity index (χ1) is 6.36. The van der Waals surface area contributed by atoms with Gasteiger partial charge in [-0.05, 0) is 19.4 Å². The van der Waals surface area contributed by atoms with E-state index in [9.17, 15) is 4.79 Å². The van der Waals surface area contributed by atoms with Crippen molar-refractivity contribution in [2.24, 2.45) is 0 Å². The van der Waals surface area contributed by atoms with Gasteiger partial charge in [0.1, 0.15) is 12.1 Å². The molecule has 2 unspecified atom stereocenters. The molecule has 2 fully saturated rings. The zero-order chi connectivity index (χ0) is 9.10. The van der Waals surface area contributed by atoms with Crippen LogP contribution in [0.5, 0.6) is 0 Å². The van der Waals surface area contributed by atoms with Crippen LogP contribution in [0.2, 0.25) is 0 Å². The molecule has 0 spiro atoms. The number of hydrogen-bond acceptors (Lipinski definition) is 4. The molecule has 0 aromatic carbocycles. The molecule has 0 aromatic rings. The van der Waals surface area contributed by atoms with Crippen LogP contribution < -0.4 is 5.32 Å². The van der Waals surface area contributed by atoms with E-state index in [1.165, 1.54) is 0 Å². The summed E-state index contributed by atoms with van der Waals surface area (Å²) in [6.07, 6.45) is 2.82. The lowest BCUT2D eigenvalue weighted by Gasteiger charge is -2.13. The fourth-order valence-corrected chi connectivity index (χ4v) is 1.74. The Bertz CT molecular complexity index is 183. The van der Waals surface area contributed by atoms with Gasteiger partial charge >= 0.3 is 5.97 Å². The summed E-state index contributed by atoms with van der Waals surface area (Å²) in [7, 11) is 0. The molecule has 0 amide bonds. The first-order valence-corrected chi connectivity index (χ1v) is 4.88. The topological polar surface area (TPSA) is 47.6 Å². The van der Waals surface area contributed by atoms with E-state index in [2.05, 4.69) is 5.32 Å². The van der Waals surface area contributed by atoms with Gasteiger partial charge in [-0.1, -0.05) is 0 Å². The summed E-state index contributed by atoms with van der Waals surface area (Å²) < 4.78 is 10.4. The van der Waals surface area contributed by atoms with E-state index in [0.29, 0.717) is 6.61 Å². The average Bonchev–Trinajstić information content (AvgIpc) is 2.74. The molecule has 1 N–H and O–H groups in total. The summed E-state index contributed by atoms with van der Waals surface area (Å²) in [5, 5.41) is 3.11. The largest absolute Gasteiger partial charge is 0.459 e. The van der Waals surface area contributed by atoms with Crippen LogP contribution in [0.3, 0.4) is 0 Å². The Balaban J connectivity index is 1.76. The lowest BCUT2D eigenvalue weighted by molar-refractivity contribution is -0.151. The smallest absolute Gasteiger partial charge is 0.323 e. The molecule has 2 aliphatic heterocycles. The molecule has 0 radical (unpaired) electrons. The van der Waals surface area contributed by atoms with E-state index in [0.717, 1.165) is 32.4 Å². The van der Waals surface area contributed by atoms with Gasteiger partial charge in [0, 0.05) is 6.42 Å². The number of rotatable bonds is 2. The second-order valence-corrected chi connectivity index (χ2v) is 3.57. The number of carbonyl (C=O) groups excluding carboxylic acids is 1. The maximum atomic E-state index is 11.5. The predicted molar refractivity (Wildman–Crippen MR) is 46.3 cm³/mol. The van der Waals surface area contributed by atoms with Crippen molar-refractivity contribution in [3.8, 4) is 0 Å². The summed E-state index contributed by atoms with van der Waals surface area (Å²) in [5.41, 5.74) is 0. The molecule has 0 aliphatic carbocycles. The lowest BCUT2D eigenvalue weighted by atomic mass is 10.2. The van der Waals surface area contributed by atoms with Gasteiger partial charge in [0.25, 0.3) is 0 Å². The Hall–Kier alpha value is -0.610. The van der Waals surface area contributed by atoms with Crippen LogP contribution >= 0.6 is 0 Å². The quantitative estimate of drug-likeness (QED) is 0.618. The minimum Gasteiger partial charge on any atom is -0.459 e. The van der Waals surface area contributed by atoms with E-state index in [4.69, 9.17) is 9.47 Å². The molecule has 2 heterocycles. The van der Waals surface area contributed by atoms with E-state index in [1.807, 2.05) is 0 Å². The highest BCUT2D eigenvalue weighted by atomic mass is 16.6. The molecule has 0 saturated carbocycles. The molecule has 2 aliphatic rings. The molecule has 74 valence electrons. The van der Waals surface area contributed by atoms with Gasteiger partial charge < -0.3 is 14.8 Å². The van der Waals surface area contributed by atoms with Crippen molar-refractivity contribution in [2.45, 2.75) is 31.4 Å². The zero-order valence-electron chi connectivity index (χ0n) is 7.62. The lowest BCUT2D eigenvalue weighted by Crippen LogP contribution is -2.35. The molecule has 2 saturated heterocycles. The van der Waals surface area contributed by atoms with Crippen LogP contribution in [0.1, 0.15) is 19.3 Å². The maximum absolute atomic E-state index is 11.5. The maximum Gasteiger partial charge on any atom is 0.323 e. The van der Waals surface area contributed by atoms with E-state index in [1.54, 1.807) is 0 Å². The number of ether oxygens (including phenoxy) is 2. The minimum atomic E-state index is -0.104. The van der Waals surface area contributed by atoms with Crippen LogP contribution in [0.4, 0.5) is 0 Å². The van der Waals surface area contributed by atoms with Crippen LogP contribution in [0.15, 0.2) is 0 Å². The van der Waals surface area contributed by atoms with Crippen molar-refractivity contribution >= 4 is 5.97 Å².